The van der Waals surface area contributed by atoms with Gasteiger partial charge in [0.15, 0.2) is 0 Å². The van der Waals surface area contributed by atoms with Crippen molar-refractivity contribution in [3.8, 4) is 0 Å². The summed E-state index contributed by atoms with van der Waals surface area (Å²) in [6.07, 6.45) is 4.01. The number of hydrogen-bond acceptors (Lipinski definition) is 3. The molecule has 1 aromatic rings. The highest BCUT2D eigenvalue weighted by Crippen LogP contribution is 2.40. The molecule has 0 unspecified atom stereocenters. The Morgan fingerprint density at radius 2 is 2.00 bits per heavy atom. The van der Waals surface area contributed by atoms with Crippen molar-refractivity contribution >= 4 is 51.9 Å². The maximum atomic E-state index is 12.2. The van der Waals surface area contributed by atoms with Gasteiger partial charge in [-0.3, -0.25) is 9.69 Å². The molecule has 0 spiro atoms. The Morgan fingerprint density at radius 3 is 2.61 bits per heavy atom. The van der Waals surface area contributed by atoms with E-state index in [1.165, 1.54) is 11.8 Å². The molecule has 1 heterocycles. The average Bonchev–Trinajstić information content (AvgIpc) is 3.12. The van der Waals surface area contributed by atoms with Crippen LogP contribution in [0.25, 0.3) is 6.08 Å². The molecule has 0 atom stereocenters. The van der Waals surface area contributed by atoms with Gasteiger partial charge in [-0.1, -0.05) is 47.7 Å². The standard InChI is InChI=1S/C13H10ClNOS2/c14-9-3-1-8(2-4-9)7-11-12(16)15(10-5-6-10)13(17)18-11/h1-4,7,10H,5-6H2/b11-7-. The van der Waals surface area contributed by atoms with E-state index in [-0.39, 0.29) is 5.91 Å². The number of nitrogens with zero attached hydrogens (tertiary/aromatic N) is 1. The number of benzene rings is 1. The fourth-order valence-electron chi connectivity index (χ4n) is 1.84. The van der Waals surface area contributed by atoms with Gasteiger partial charge >= 0.3 is 0 Å². The molecule has 1 aliphatic carbocycles. The van der Waals surface area contributed by atoms with Crippen molar-refractivity contribution in [1.29, 1.82) is 0 Å². The molecule has 0 aromatic heterocycles. The van der Waals surface area contributed by atoms with E-state index in [4.69, 9.17) is 23.8 Å². The summed E-state index contributed by atoms with van der Waals surface area (Å²) >= 11 is 12.5. The fraction of sp³-hybridized carbons (Fsp3) is 0.231. The predicted molar refractivity (Wildman–Crippen MR) is 79.5 cm³/mol. The van der Waals surface area contributed by atoms with Gasteiger partial charge in [0, 0.05) is 11.1 Å². The average molecular weight is 296 g/mol. The topological polar surface area (TPSA) is 20.3 Å². The molecule has 0 radical (unpaired) electrons. The number of hydrogen-bond donors (Lipinski definition) is 0. The van der Waals surface area contributed by atoms with Crippen molar-refractivity contribution in [2.75, 3.05) is 0 Å². The quantitative estimate of drug-likeness (QED) is 0.613. The second kappa shape index (κ2) is 4.68. The van der Waals surface area contributed by atoms with Crippen LogP contribution in [0.2, 0.25) is 5.02 Å². The van der Waals surface area contributed by atoms with E-state index in [2.05, 4.69) is 0 Å². The van der Waals surface area contributed by atoms with E-state index in [0.29, 0.717) is 20.3 Å². The second-order valence-electron chi connectivity index (χ2n) is 4.33. The van der Waals surface area contributed by atoms with Gasteiger partial charge in [0.2, 0.25) is 0 Å². The lowest BCUT2D eigenvalue weighted by molar-refractivity contribution is -0.122. The minimum absolute atomic E-state index is 0.0439. The minimum Gasteiger partial charge on any atom is -0.290 e. The first-order valence-corrected chi connectivity index (χ1v) is 7.28. The number of thioether (sulfide) groups is 1. The summed E-state index contributed by atoms with van der Waals surface area (Å²) in [5.41, 5.74) is 0.968. The fourth-order valence-corrected chi connectivity index (χ4v) is 3.36. The van der Waals surface area contributed by atoms with Crippen LogP contribution >= 0.6 is 35.6 Å². The summed E-state index contributed by atoms with van der Waals surface area (Å²) in [6, 6.07) is 7.76. The second-order valence-corrected chi connectivity index (χ2v) is 6.45. The molecule has 2 fully saturated rings. The number of thiocarbonyl (C=S) groups is 1. The van der Waals surface area contributed by atoms with Crippen LogP contribution in [0.3, 0.4) is 0 Å². The third-order valence-electron chi connectivity index (χ3n) is 2.90. The van der Waals surface area contributed by atoms with E-state index in [9.17, 15) is 4.79 Å². The molecule has 3 rings (SSSR count). The van der Waals surface area contributed by atoms with Crippen LogP contribution in [0, 0.1) is 0 Å². The lowest BCUT2D eigenvalue weighted by atomic mass is 10.2. The number of carbonyl (C=O) groups is 1. The summed E-state index contributed by atoms with van der Waals surface area (Å²) in [4.78, 5) is 14.6. The van der Waals surface area contributed by atoms with Crippen LogP contribution in [0.1, 0.15) is 18.4 Å². The largest absolute Gasteiger partial charge is 0.290 e. The van der Waals surface area contributed by atoms with Gasteiger partial charge in [-0.05, 0) is 36.6 Å². The van der Waals surface area contributed by atoms with E-state index >= 15 is 0 Å². The van der Waals surface area contributed by atoms with Gasteiger partial charge in [-0.15, -0.1) is 0 Å². The molecule has 1 aliphatic heterocycles. The molecule has 18 heavy (non-hydrogen) atoms. The van der Waals surface area contributed by atoms with Crippen LogP contribution in [0.5, 0.6) is 0 Å². The van der Waals surface area contributed by atoms with Crippen molar-refractivity contribution in [3.63, 3.8) is 0 Å². The van der Waals surface area contributed by atoms with Crippen LogP contribution in [-0.2, 0) is 4.79 Å². The predicted octanol–water partition coefficient (Wildman–Crippen LogP) is 3.70. The Kier molecular flexibility index (Phi) is 3.18. The van der Waals surface area contributed by atoms with Gasteiger partial charge in [0.1, 0.15) is 4.32 Å². The third-order valence-corrected chi connectivity index (χ3v) is 4.49. The first-order chi connectivity index (χ1) is 8.65. The zero-order chi connectivity index (χ0) is 12.7. The van der Waals surface area contributed by atoms with Gasteiger partial charge in [0.25, 0.3) is 5.91 Å². The van der Waals surface area contributed by atoms with Gasteiger partial charge < -0.3 is 0 Å². The first-order valence-electron chi connectivity index (χ1n) is 5.68. The van der Waals surface area contributed by atoms with E-state index < -0.39 is 0 Å². The zero-order valence-corrected chi connectivity index (χ0v) is 11.8. The van der Waals surface area contributed by atoms with Crippen molar-refractivity contribution in [2.24, 2.45) is 0 Å². The summed E-state index contributed by atoms with van der Waals surface area (Å²) in [6.45, 7) is 0. The molecular formula is C13H10ClNOS2. The van der Waals surface area contributed by atoms with Gasteiger partial charge in [-0.2, -0.15) is 0 Å². The maximum Gasteiger partial charge on any atom is 0.266 e. The summed E-state index contributed by atoms with van der Waals surface area (Å²) in [5, 5.41) is 0.692. The van der Waals surface area contributed by atoms with Gasteiger partial charge in [-0.25, -0.2) is 0 Å². The van der Waals surface area contributed by atoms with Crippen molar-refractivity contribution < 1.29 is 4.79 Å². The molecule has 1 amide bonds. The van der Waals surface area contributed by atoms with Gasteiger partial charge in [0.05, 0.1) is 4.91 Å². The Hall–Kier alpha value is -0.840. The number of halogens is 1. The molecular weight excluding hydrogens is 286 g/mol. The van der Waals surface area contributed by atoms with E-state index in [0.717, 1.165) is 18.4 Å². The highest BCUT2D eigenvalue weighted by molar-refractivity contribution is 8.26. The highest BCUT2D eigenvalue weighted by Gasteiger charge is 2.41. The highest BCUT2D eigenvalue weighted by atomic mass is 35.5. The maximum absolute atomic E-state index is 12.2. The van der Waals surface area contributed by atoms with E-state index in [1.807, 2.05) is 30.3 Å². The lowest BCUT2D eigenvalue weighted by Crippen LogP contribution is -2.30. The lowest BCUT2D eigenvalue weighted by Gasteiger charge is -2.11. The summed E-state index contributed by atoms with van der Waals surface area (Å²) in [7, 11) is 0. The SMILES string of the molecule is O=C1/C(=C/c2ccc(Cl)cc2)SC(=S)N1C1CC1. The summed E-state index contributed by atoms with van der Waals surface area (Å²) in [5.74, 6) is 0.0439. The smallest absolute Gasteiger partial charge is 0.266 e. The molecule has 1 aromatic carbocycles. The third kappa shape index (κ3) is 2.32. The summed E-state index contributed by atoms with van der Waals surface area (Å²) < 4.78 is 0.683. The molecule has 2 nitrogen and oxygen atoms in total. The zero-order valence-electron chi connectivity index (χ0n) is 9.43. The van der Waals surface area contributed by atoms with Crippen LogP contribution in [-0.4, -0.2) is 21.2 Å². The van der Waals surface area contributed by atoms with Crippen molar-refractivity contribution in [1.82, 2.24) is 4.90 Å². The van der Waals surface area contributed by atoms with Crippen molar-refractivity contribution in [2.45, 2.75) is 18.9 Å². The van der Waals surface area contributed by atoms with Crippen LogP contribution < -0.4 is 0 Å². The van der Waals surface area contributed by atoms with Crippen molar-refractivity contribution in [3.05, 3.63) is 39.8 Å². The normalized spacial score (nSPS) is 22.1. The molecule has 92 valence electrons. The molecule has 0 bridgehead atoms. The molecule has 1 saturated carbocycles. The first kappa shape index (κ1) is 12.2. The Morgan fingerprint density at radius 1 is 1.33 bits per heavy atom. The molecule has 2 aliphatic rings. The van der Waals surface area contributed by atoms with Crippen LogP contribution in [0.15, 0.2) is 29.2 Å². The monoisotopic (exact) mass is 295 g/mol. The molecule has 5 heteroatoms. The number of carbonyl (C=O) groups excluding carboxylic acids is 1. The van der Waals surface area contributed by atoms with E-state index in [1.54, 1.807) is 4.90 Å². The Labute approximate surface area is 120 Å². The number of rotatable bonds is 2. The molecule has 0 N–H and O–H groups in total. The molecule has 1 saturated heterocycles. The minimum atomic E-state index is 0.0439. The Balaban J connectivity index is 1.86. The number of amides is 1. The van der Waals surface area contributed by atoms with Crippen LogP contribution in [0.4, 0.5) is 0 Å². The Bertz CT molecular complexity index is 549.